The highest BCUT2D eigenvalue weighted by Gasteiger charge is 2.13. The molecule has 2 heteroatoms. The number of methoxy groups -OCH3 is 2. The van der Waals surface area contributed by atoms with E-state index in [1.165, 1.54) is 50.5 Å². The summed E-state index contributed by atoms with van der Waals surface area (Å²) in [6.07, 6.45) is 11.1. The van der Waals surface area contributed by atoms with Crippen molar-refractivity contribution in [3.05, 3.63) is 23.8 Å². The second-order valence-electron chi connectivity index (χ2n) is 5.59. The second-order valence-corrected chi connectivity index (χ2v) is 5.59. The van der Waals surface area contributed by atoms with Crippen molar-refractivity contribution in [3.63, 3.8) is 0 Å². The molecule has 0 amide bonds. The predicted octanol–water partition coefficient (Wildman–Crippen LogP) is 4.61. The van der Waals surface area contributed by atoms with Crippen molar-refractivity contribution < 1.29 is 9.47 Å². The molecule has 1 aliphatic carbocycles. The Bertz CT molecular complexity index is 381. The summed E-state index contributed by atoms with van der Waals surface area (Å²) in [4.78, 5) is 0. The average molecular weight is 262 g/mol. The fourth-order valence-corrected chi connectivity index (χ4v) is 3.11. The third kappa shape index (κ3) is 4.15. The number of aryl methyl sites for hydroxylation is 1. The highest BCUT2D eigenvalue weighted by atomic mass is 16.5. The SMILES string of the molecule is COc1ccc(CCCC2CCCCC2)cc1OC. The molecule has 1 aromatic rings. The van der Waals surface area contributed by atoms with Crippen LogP contribution in [0.15, 0.2) is 18.2 Å². The first-order valence-corrected chi connectivity index (χ1v) is 7.54. The average Bonchev–Trinajstić information content (AvgIpc) is 2.48. The highest BCUT2D eigenvalue weighted by Crippen LogP contribution is 2.30. The van der Waals surface area contributed by atoms with E-state index in [2.05, 4.69) is 12.1 Å². The smallest absolute Gasteiger partial charge is 0.160 e. The summed E-state index contributed by atoms with van der Waals surface area (Å²) < 4.78 is 10.6. The molecule has 0 bridgehead atoms. The molecule has 1 fully saturated rings. The molecule has 0 aliphatic heterocycles. The van der Waals surface area contributed by atoms with E-state index in [4.69, 9.17) is 9.47 Å². The van der Waals surface area contributed by atoms with E-state index in [1.54, 1.807) is 14.2 Å². The molecule has 1 aliphatic rings. The molecule has 1 aromatic carbocycles. The van der Waals surface area contributed by atoms with E-state index >= 15 is 0 Å². The van der Waals surface area contributed by atoms with E-state index in [0.717, 1.165) is 23.8 Å². The van der Waals surface area contributed by atoms with Crippen LogP contribution in [0.2, 0.25) is 0 Å². The zero-order valence-electron chi connectivity index (χ0n) is 12.3. The summed E-state index contributed by atoms with van der Waals surface area (Å²) in [5.41, 5.74) is 1.36. The highest BCUT2D eigenvalue weighted by molar-refractivity contribution is 5.42. The maximum atomic E-state index is 5.35. The van der Waals surface area contributed by atoms with Crippen LogP contribution in [0, 0.1) is 5.92 Å². The number of hydrogen-bond donors (Lipinski definition) is 0. The van der Waals surface area contributed by atoms with Crippen LogP contribution in [-0.2, 0) is 6.42 Å². The molecule has 0 aromatic heterocycles. The molecule has 106 valence electrons. The van der Waals surface area contributed by atoms with Gasteiger partial charge < -0.3 is 9.47 Å². The van der Waals surface area contributed by atoms with Crippen LogP contribution in [0.1, 0.15) is 50.5 Å². The predicted molar refractivity (Wildman–Crippen MR) is 79.1 cm³/mol. The molecule has 0 spiro atoms. The number of ether oxygens (including phenoxy) is 2. The quantitative estimate of drug-likeness (QED) is 0.745. The number of hydrogen-bond acceptors (Lipinski definition) is 2. The molecule has 2 nitrogen and oxygen atoms in total. The van der Waals surface area contributed by atoms with Crippen molar-refractivity contribution in [1.29, 1.82) is 0 Å². The normalized spacial score (nSPS) is 16.3. The van der Waals surface area contributed by atoms with E-state index < -0.39 is 0 Å². The van der Waals surface area contributed by atoms with E-state index in [0.29, 0.717) is 0 Å². The number of rotatable bonds is 6. The van der Waals surface area contributed by atoms with Gasteiger partial charge in [0.1, 0.15) is 0 Å². The summed E-state index contributed by atoms with van der Waals surface area (Å²) in [6, 6.07) is 6.27. The molecular formula is C17H26O2. The van der Waals surface area contributed by atoms with Gasteiger partial charge in [-0.05, 0) is 36.5 Å². The Morgan fingerprint density at radius 3 is 2.42 bits per heavy atom. The monoisotopic (exact) mass is 262 g/mol. The lowest BCUT2D eigenvalue weighted by Gasteiger charge is -2.21. The first-order valence-electron chi connectivity index (χ1n) is 7.54. The minimum Gasteiger partial charge on any atom is -0.493 e. The van der Waals surface area contributed by atoms with Gasteiger partial charge in [-0.2, -0.15) is 0 Å². The summed E-state index contributed by atoms with van der Waals surface area (Å²) in [7, 11) is 3.38. The summed E-state index contributed by atoms with van der Waals surface area (Å²) in [5, 5.41) is 0. The largest absolute Gasteiger partial charge is 0.493 e. The van der Waals surface area contributed by atoms with Gasteiger partial charge in [0.15, 0.2) is 11.5 Å². The minimum atomic E-state index is 0.818. The van der Waals surface area contributed by atoms with Crippen molar-refractivity contribution in [2.75, 3.05) is 14.2 Å². The molecule has 2 rings (SSSR count). The first-order chi connectivity index (χ1) is 9.33. The second kappa shape index (κ2) is 7.42. The number of benzene rings is 1. The van der Waals surface area contributed by atoms with E-state index in [-0.39, 0.29) is 0 Å². The van der Waals surface area contributed by atoms with Gasteiger partial charge >= 0.3 is 0 Å². The van der Waals surface area contributed by atoms with Crippen LogP contribution >= 0.6 is 0 Å². The van der Waals surface area contributed by atoms with Crippen molar-refractivity contribution in [2.45, 2.75) is 51.4 Å². The van der Waals surface area contributed by atoms with Crippen LogP contribution in [-0.4, -0.2) is 14.2 Å². The molecule has 0 saturated heterocycles. The van der Waals surface area contributed by atoms with E-state index in [1.807, 2.05) is 6.07 Å². The molecular weight excluding hydrogens is 236 g/mol. The van der Waals surface area contributed by atoms with Gasteiger partial charge in [0.25, 0.3) is 0 Å². The molecule has 0 radical (unpaired) electrons. The maximum Gasteiger partial charge on any atom is 0.160 e. The topological polar surface area (TPSA) is 18.5 Å². The first kappa shape index (κ1) is 14.2. The van der Waals surface area contributed by atoms with Crippen molar-refractivity contribution in [2.24, 2.45) is 5.92 Å². The fourth-order valence-electron chi connectivity index (χ4n) is 3.11. The lowest BCUT2D eigenvalue weighted by molar-refractivity contribution is 0.332. The van der Waals surface area contributed by atoms with Crippen LogP contribution in [0.3, 0.4) is 0 Å². The molecule has 0 heterocycles. The third-order valence-electron chi connectivity index (χ3n) is 4.25. The van der Waals surface area contributed by atoms with Crippen LogP contribution in [0.4, 0.5) is 0 Å². The molecule has 0 unspecified atom stereocenters. The Hall–Kier alpha value is -1.18. The van der Waals surface area contributed by atoms with Gasteiger partial charge in [0.2, 0.25) is 0 Å². The summed E-state index contributed by atoms with van der Waals surface area (Å²) in [6.45, 7) is 0. The van der Waals surface area contributed by atoms with Crippen molar-refractivity contribution in [1.82, 2.24) is 0 Å². The van der Waals surface area contributed by atoms with Gasteiger partial charge in [-0.3, -0.25) is 0 Å². The molecule has 0 atom stereocenters. The standard InChI is InChI=1S/C17H26O2/c1-18-16-12-11-15(13-17(16)19-2)10-6-9-14-7-4-3-5-8-14/h11-14H,3-10H2,1-2H3. The Morgan fingerprint density at radius 2 is 1.74 bits per heavy atom. The van der Waals surface area contributed by atoms with E-state index in [9.17, 15) is 0 Å². The van der Waals surface area contributed by atoms with Gasteiger partial charge in [0.05, 0.1) is 14.2 Å². The summed E-state index contributed by atoms with van der Waals surface area (Å²) >= 11 is 0. The Labute approximate surface area is 117 Å². The van der Waals surface area contributed by atoms with Gasteiger partial charge in [0, 0.05) is 0 Å². The lowest BCUT2D eigenvalue weighted by atomic mass is 9.85. The third-order valence-corrected chi connectivity index (χ3v) is 4.25. The fraction of sp³-hybridized carbons (Fsp3) is 0.647. The Kier molecular flexibility index (Phi) is 5.56. The minimum absolute atomic E-state index is 0.818. The van der Waals surface area contributed by atoms with Gasteiger partial charge in [-0.15, -0.1) is 0 Å². The van der Waals surface area contributed by atoms with Crippen molar-refractivity contribution in [3.8, 4) is 11.5 Å². The zero-order chi connectivity index (χ0) is 13.5. The van der Waals surface area contributed by atoms with Crippen LogP contribution in [0.25, 0.3) is 0 Å². The maximum absolute atomic E-state index is 5.35. The van der Waals surface area contributed by atoms with Crippen molar-refractivity contribution >= 4 is 0 Å². The van der Waals surface area contributed by atoms with Crippen LogP contribution < -0.4 is 9.47 Å². The lowest BCUT2D eigenvalue weighted by Crippen LogP contribution is -2.06. The van der Waals surface area contributed by atoms with Gasteiger partial charge in [-0.1, -0.05) is 44.6 Å². The summed E-state index contributed by atoms with van der Waals surface area (Å²) in [5.74, 6) is 2.64. The molecule has 0 N–H and O–H groups in total. The Balaban J connectivity index is 1.81. The molecule has 1 saturated carbocycles. The Morgan fingerprint density at radius 1 is 1.00 bits per heavy atom. The molecule has 19 heavy (non-hydrogen) atoms. The van der Waals surface area contributed by atoms with Gasteiger partial charge in [-0.25, -0.2) is 0 Å². The van der Waals surface area contributed by atoms with Crippen LogP contribution in [0.5, 0.6) is 11.5 Å². The zero-order valence-corrected chi connectivity index (χ0v) is 12.3.